The highest BCUT2D eigenvalue weighted by atomic mass is 16.5. The van der Waals surface area contributed by atoms with Gasteiger partial charge in [0.25, 0.3) is 5.91 Å². The van der Waals surface area contributed by atoms with Gasteiger partial charge in [-0.05, 0) is 54.1 Å². The normalized spacial score (nSPS) is 10.5. The van der Waals surface area contributed by atoms with Gasteiger partial charge in [0.2, 0.25) is 5.91 Å². The Morgan fingerprint density at radius 2 is 1.59 bits per heavy atom. The van der Waals surface area contributed by atoms with Crippen LogP contribution in [-0.4, -0.2) is 29.1 Å². The number of aromatic carboxylic acids is 1. The summed E-state index contributed by atoms with van der Waals surface area (Å²) >= 11 is 0. The average molecular weight is 431 g/mol. The summed E-state index contributed by atoms with van der Waals surface area (Å²) in [7, 11) is 0. The molecule has 0 saturated carbocycles. The maximum Gasteiger partial charge on any atom is 0.335 e. The van der Waals surface area contributed by atoms with Crippen LogP contribution in [0, 0.1) is 0 Å². The van der Waals surface area contributed by atoms with Crippen molar-refractivity contribution in [3.8, 4) is 5.75 Å². The highest BCUT2D eigenvalue weighted by Gasteiger charge is 2.06. The smallest absolute Gasteiger partial charge is 0.335 e. The molecule has 0 aromatic heterocycles. The van der Waals surface area contributed by atoms with Crippen molar-refractivity contribution < 1.29 is 24.2 Å². The summed E-state index contributed by atoms with van der Waals surface area (Å²) in [5.74, 6) is -1.00. The minimum atomic E-state index is -0.982. The molecule has 2 amide bonds. The summed E-state index contributed by atoms with van der Waals surface area (Å²) < 4.78 is 5.82. The van der Waals surface area contributed by atoms with Crippen molar-refractivity contribution >= 4 is 29.7 Å². The predicted molar refractivity (Wildman–Crippen MR) is 120 cm³/mol. The Balaban J connectivity index is 1.59. The Morgan fingerprint density at radius 1 is 0.938 bits per heavy atom. The number of rotatable bonds is 8. The van der Waals surface area contributed by atoms with Gasteiger partial charge in [0, 0.05) is 23.7 Å². The van der Waals surface area contributed by atoms with Crippen LogP contribution in [-0.2, 0) is 11.4 Å². The average Bonchev–Trinajstić information content (AvgIpc) is 2.78. The first-order valence-electron chi connectivity index (χ1n) is 9.67. The monoisotopic (exact) mass is 431 g/mol. The second-order valence-electron chi connectivity index (χ2n) is 6.79. The van der Waals surface area contributed by atoms with Gasteiger partial charge in [-0.15, -0.1) is 0 Å². The lowest BCUT2D eigenvalue weighted by molar-refractivity contribution is -0.114. The fourth-order valence-corrected chi connectivity index (χ4v) is 2.76. The number of nitrogens with zero attached hydrogens (tertiary/aromatic N) is 1. The van der Waals surface area contributed by atoms with E-state index in [9.17, 15) is 14.4 Å². The third kappa shape index (κ3) is 6.27. The van der Waals surface area contributed by atoms with Gasteiger partial charge in [-0.2, -0.15) is 5.10 Å². The summed E-state index contributed by atoms with van der Waals surface area (Å²) in [6, 6.07) is 20.1. The molecule has 3 aromatic carbocycles. The van der Waals surface area contributed by atoms with Crippen LogP contribution in [0.3, 0.4) is 0 Å². The molecule has 0 radical (unpaired) electrons. The Kier molecular flexibility index (Phi) is 7.32. The SMILES string of the molecule is CC(=O)Nc1ccc(C(=O)N/N=C\c2ccccc2OCc2ccc(C(=O)O)cc2)cc1. The first-order valence-corrected chi connectivity index (χ1v) is 9.67. The van der Waals surface area contributed by atoms with Crippen molar-refractivity contribution in [2.24, 2.45) is 5.10 Å². The van der Waals surface area contributed by atoms with E-state index in [1.807, 2.05) is 12.1 Å². The van der Waals surface area contributed by atoms with E-state index < -0.39 is 11.9 Å². The topological polar surface area (TPSA) is 117 Å². The van der Waals surface area contributed by atoms with E-state index in [0.717, 1.165) is 5.56 Å². The van der Waals surface area contributed by atoms with E-state index in [1.54, 1.807) is 48.5 Å². The quantitative estimate of drug-likeness (QED) is 0.371. The maximum atomic E-state index is 12.3. The Morgan fingerprint density at radius 3 is 2.25 bits per heavy atom. The zero-order valence-electron chi connectivity index (χ0n) is 17.2. The largest absolute Gasteiger partial charge is 0.488 e. The third-order valence-electron chi connectivity index (χ3n) is 4.35. The molecule has 3 aromatic rings. The van der Waals surface area contributed by atoms with Gasteiger partial charge in [-0.25, -0.2) is 10.2 Å². The molecule has 32 heavy (non-hydrogen) atoms. The van der Waals surface area contributed by atoms with Crippen LogP contribution in [0.15, 0.2) is 77.9 Å². The van der Waals surface area contributed by atoms with E-state index in [-0.39, 0.29) is 18.1 Å². The van der Waals surface area contributed by atoms with Gasteiger partial charge in [-0.3, -0.25) is 9.59 Å². The number of amides is 2. The van der Waals surface area contributed by atoms with Crippen LogP contribution in [0.2, 0.25) is 0 Å². The maximum absolute atomic E-state index is 12.3. The summed E-state index contributed by atoms with van der Waals surface area (Å²) in [6.07, 6.45) is 1.48. The molecule has 3 rings (SSSR count). The summed E-state index contributed by atoms with van der Waals surface area (Å²) in [5, 5.41) is 15.6. The van der Waals surface area contributed by atoms with Crippen LogP contribution in [0.5, 0.6) is 5.75 Å². The fraction of sp³-hybridized carbons (Fsp3) is 0.0833. The van der Waals surface area contributed by atoms with Crippen LogP contribution in [0.1, 0.15) is 38.8 Å². The molecule has 162 valence electrons. The zero-order chi connectivity index (χ0) is 22.9. The van der Waals surface area contributed by atoms with Crippen molar-refractivity contribution in [3.63, 3.8) is 0 Å². The van der Waals surface area contributed by atoms with Crippen LogP contribution in [0.25, 0.3) is 0 Å². The predicted octanol–water partition coefficient (Wildman–Crippen LogP) is 3.69. The number of carboxylic acids is 1. The van der Waals surface area contributed by atoms with E-state index in [2.05, 4.69) is 15.8 Å². The zero-order valence-corrected chi connectivity index (χ0v) is 17.2. The number of para-hydroxylation sites is 1. The number of hydrogen-bond donors (Lipinski definition) is 3. The molecule has 0 unspecified atom stereocenters. The molecule has 0 aliphatic carbocycles. The summed E-state index contributed by atoms with van der Waals surface area (Å²) in [6.45, 7) is 1.66. The molecule has 8 nitrogen and oxygen atoms in total. The van der Waals surface area contributed by atoms with Gasteiger partial charge in [0.1, 0.15) is 12.4 Å². The molecule has 0 heterocycles. The van der Waals surface area contributed by atoms with Crippen LogP contribution in [0.4, 0.5) is 5.69 Å². The molecule has 0 fully saturated rings. The van der Waals surface area contributed by atoms with E-state index in [0.29, 0.717) is 22.6 Å². The van der Waals surface area contributed by atoms with Gasteiger partial charge in [0.15, 0.2) is 0 Å². The van der Waals surface area contributed by atoms with Gasteiger partial charge >= 0.3 is 5.97 Å². The number of hydrogen-bond acceptors (Lipinski definition) is 5. The number of carboxylic acid groups (broad SMARTS) is 1. The first-order chi connectivity index (χ1) is 15.4. The molecular weight excluding hydrogens is 410 g/mol. The first kappa shape index (κ1) is 22.2. The third-order valence-corrected chi connectivity index (χ3v) is 4.35. The van der Waals surface area contributed by atoms with Crippen molar-refractivity contribution in [1.29, 1.82) is 0 Å². The summed E-state index contributed by atoms with van der Waals surface area (Å²) in [5.41, 5.74) is 5.14. The van der Waals surface area contributed by atoms with Gasteiger partial charge in [-0.1, -0.05) is 24.3 Å². The number of ether oxygens (including phenoxy) is 1. The van der Waals surface area contributed by atoms with Crippen molar-refractivity contribution in [1.82, 2.24) is 5.43 Å². The van der Waals surface area contributed by atoms with Crippen LogP contribution >= 0.6 is 0 Å². The Labute approximate surface area is 184 Å². The van der Waals surface area contributed by atoms with E-state index in [4.69, 9.17) is 9.84 Å². The lowest BCUT2D eigenvalue weighted by atomic mass is 10.1. The number of carbonyl (C=O) groups is 3. The number of hydrazone groups is 1. The van der Waals surface area contributed by atoms with Crippen LogP contribution < -0.4 is 15.5 Å². The molecule has 3 N–H and O–H groups in total. The molecule has 0 aliphatic heterocycles. The van der Waals surface area contributed by atoms with Gasteiger partial charge in [0.05, 0.1) is 11.8 Å². The molecule has 0 saturated heterocycles. The lowest BCUT2D eigenvalue weighted by Crippen LogP contribution is -2.17. The molecule has 0 spiro atoms. The Bertz CT molecular complexity index is 1140. The van der Waals surface area contributed by atoms with E-state index in [1.165, 1.54) is 25.3 Å². The molecular formula is C24H21N3O5. The highest BCUT2D eigenvalue weighted by molar-refractivity contribution is 5.96. The van der Waals surface area contributed by atoms with Crippen molar-refractivity contribution in [3.05, 3.63) is 95.1 Å². The fourth-order valence-electron chi connectivity index (χ4n) is 2.76. The standard InChI is InChI=1S/C24H21N3O5/c1-16(28)26-21-12-10-18(11-13-21)23(29)27-25-14-20-4-2-3-5-22(20)32-15-17-6-8-19(9-7-17)24(30)31/h2-14H,15H2,1H3,(H,26,28)(H,27,29)(H,30,31)/b25-14-. The lowest BCUT2D eigenvalue weighted by Gasteiger charge is -2.09. The molecule has 8 heteroatoms. The Hall–Kier alpha value is -4.46. The number of anilines is 1. The molecule has 0 bridgehead atoms. The van der Waals surface area contributed by atoms with E-state index >= 15 is 0 Å². The number of benzene rings is 3. The second kappa shape index (κ2) is 10.5. The summed E-state index contributed by atoms with van der Waals surface area (Å²) in [4.78, 5) is 34.3. The second-order valence-corrected chi connectivity index (χ2v) is 6.79. The number of carbonyl (C=O) groups excluding carboxylic acids is 2. The van der Waals surface area contributed by atoms with Crippen molar-refractivity contribution in [2.45, 2.75) is 13.5 Å². The highest BCUT2D eigenvalue weighted by Crippen LogP contribution is 2.18. The molecule has 0 aliphatic rings. The number of nitrogens with one attached hydrogen (secondary N) is 2. The minimum absolute atomic E-state index is 0.190. The molecule has 0 atom stereocenters. The van der Waals surface area contributed by atoms with Gasteiger partial charge < -0.3 is 15.2 Å². The van der Waals surface area contributed by atoms with Crippen molar-refractivity contribution in [2.75, 3.05) is 5.32 Å². The minimum Gasteiger partial charge on any atom is -0.488 e.